The molecule has 4 rings (SSSR count). The molecule has 1 amide bonds. The van der Waals surface area contributed by atoms with Gasteiger partial charge in [-0.25, -0.2) is 0 Å². The van der Waals surface area contributed by atoms with Crippen LogP contribution in [0.5, 0.6) is 5.75 Å². The minimum Gasteiger partial charge on any atom is -0.508 e. The third kappa shape index (κ3) is 3.44. The number of amides is 1. The van der Waals surface area contributed by atoms with Crippen LogP contribution in [-0.4, -0.2) is 11.0 Å². The number of hydrogen-bond acceptors (Lipinski definition) is 3. The Morgan fingerprint density at radius 2 is 1.67 bits per heavy atom. The van der Waals surface area contributed by atoms with Crippen LogP contribution in [0.15, 0.2) is 78.9 Å². The van der Waals surface area contributed by atoms with Gasteiger partial charge in [-0.15, -0.1) is 11.3 Å². The summed E-state index contributed by atoms with van der Waals surface area (Å²) in [4.78, 5) is 14.6. The summed E-state index contributed by atoms with van der Waals surface area (Å²) in [5, 5.41) is 15.7. The predicted molar refractivity (Wildman–Crippen MR) is 110 cm³/mol. The molecule has 0 aliphatic rings. The topological polar surface area (TPSA) is 49.3 Å². The number of phenolic OH excluding ortho intramolecular Hbond substituents is 1. The van der Waals surface area contributed by atoms with E-state index in [0.29, 0.717) is 10.4 Å². The van der Waals surface area contributed by atoms with Gasteiger partial charge in [0, 0.05) is 10.4 Å². The first-order chi connectivity index (χ1) is 13.1. The van der Waals surface area contributed by atoms with Crippen LogP contribution in [-0.2, 0) is 0 Å². The van der Waals surface area contributed by atoms with Crippen molar-refractivity contribution in [1.82, 2.24) is 5.32 Å². The average molecular weight is 373 g/mol. The lowest BCUT2D eigenvalue weighted by Gasteiger charge is -2.22. The molecule has 4 aromatic rings. The van der Waals surface area contributed by atoms with Crippen molar-refractivity contribution in [2.75, 3.05) is 0 Å². The molecule has 2 N–H and O–H groups in total. The zero-order valence-corrected chi connectivity index (χ0v) is 15.7. The number of thiophene rings is 1. The number of fused-ring (bicyclic) bond motifs is 1. The van der Waals surface area contributed by atoms with E-state index in [2.05, 4.69) is 5.32 Å². The number of aryl methyl sites for hydroxylation is 1. The molecule has 0 saturated carbocycles. The van der Waals surface area contributed by atoms with Crippen molar-refractivity contribution in [3.05, 3.63) is 99.7 Å². The van der Waals surface area contributed by atoms with Crippen LogP contribution in [0.4, 0.5) is 0 Å². The van der Waals surface area contributed by atoms with Gasteiger partial charge in [0.15, 0.2) is 0 Å². The molecule has 4 heteroatoms. The number of aromatic hydroxyl groups is 1. The Labute approximate surface area is 161 Å². The first kappa shape index (κ1) is 17.3. The summed E-state index contributed by atoms with van der Waals surface area (Å²) in [6.07, 6.45) is 0. The molecule has 0 bridgehead atoms. The predicted octanol–water partition coefficient (Wildman–Crippen LogP) is 5.43. The van der Waals surface area contributed by atoms with Gasteiger partial charge in [-0.3, -0.25) is 4.79 Å². The van der Waals surface area contributed by atoms with Gasteiger partial charge in [0.25, 0.3) is 5.91 Å². The Bertz CT molecular complexity index is 1100. The molecule has 0 aliphatic carbocycles. The number of benzene rings is 3. The quantitative estimate of drug-likeness (QED) is 0.501. The summed E-state index contributed by atoms with van der Waals surface area (Å²) >= 11 is 1.46. The van der Waals surface area contributed by atoms with Crippen molar-refractivity contribution in [3.8, 4) is 5.75 Å². The van der Waals surface area contributed by atoms with Gasteiger partial charge in [0.1, 0.15) is 5.75 Å². The highest BCUT2D eigenvalue weighted by molar-refractivity contribution is 7.13. The van der Waals surface area contributed by atoms with Crippen molar-refractivity contribution < 1.29 is 9.90 Å². The van der Waals surface area contributed by atoms with E-state index in [1.165, 1.54) is 11.3 Å². The largest absolute Gasteiger partial charge is 0.508 e. The number of carbonyl (C=O) groups is 1. The molecule has 0 saturated heterocycles. The minimum absolute atomic E-state index is 0.144. The second kappa shape index (κ2) is 7.25. The van der Waals surface area contributed by atoms with Crippen molar-refractivity contribution in [3.63, 3.8) is 0 Å². The van der Waals surface area contributed by atoms with Crippen LogP contribution < -0.4 is 5.32 Å². The molecule has 0 radical (unpaired) electrons. The maximum Gasteiger partial charge on any atom is 0.262 e. The van der Waals surface area contributed by atoms with Gasteiger partial charge in [-0.05, 0) is 41.5 Å². The maximum atomic E-state index is 12.9. The normalized spacial score (nSPS) is 12.0. The van der Waals surface area contributed by atoms with Gasteiger partial charge >= 0.3 is 0 Å². The standard InChI is InChI=1S/C23H19NO2S/c1-15-11-14-20(27-15)23(26)24-22(17-8-3-2-4-9-17)21-18-10-6-5-7-16(18)12-13-19(21)25/h2-14,22,25H,1H3,(H,24,26). The summed E-state index contributed by atoms with van der Waals surface area (Å²) in [7, 11) is 0. The van der Waals surface area contributed by atoms with E-state index in [1.807, 2.05) is 79.7 Å². The summed E-state index contributed by atoms with van der Waals surface area (Å²) < 4.78 is 0. The average Bonchev–Trinajstić information content (AvgIpc) is 3.14. The van der Waals surface area contributed by atoms with Crippen LogP contribution in [0.2, 0.25) is 0 Å². The monoisotopic (exact) mass is 373 g/mol. The first-order valence-corrected chi connectivity index (χ1v) is 9.58. The number of carbonyl (C=O) groups excluding carboxylic acids is 1. The summed E-state index contributed by atoms with van der Waals surface area (Å²) in [5.74, 6) is 0.0273. The fourth-order valence-corrected chi connectivity index (χ4v) is 4.08. The van der Waals surface area contributed by atoms with Gasteiger partial charge < -0.3 is 10.4 Å². The second-order valence-electron chi connectivity index (χ2n) is 6.45. The Kier molecular flexibility index (Phi) is 4.65. The molecule has 1 heterocycles. The smallest absolute Gasteiger partial charge is 0.262 e. The third-order valence-corrected chi connectivity index (χ3v) is 5.61. The number of rotatable bonds is 4. The van der Waals surface area contributed by atoms with Crippen molar-refractivity contribution in [2.24, 2.45) is 0 Å². The highest BCUT2D eigenvalue weighted by atomic mass is 32.1. The molecule has 3 aromatic carbocycles. The molecule has 1 atom stereocenters. The molecule has 1 unspecified atom stereocenters. The summed E-state index contributed by atoms with van der Waals surface area (Å²) in [6, 6.07) is 24.5. The number of hydrogen-bond donors (Lipinski definition) is 2. The van der Waals surface area contributed by atoms with Gasteiger partial charge in [-0.2, -0.15) is 0 Å². The van der Waals surface area contributed by atoms with Crippen LogP contribution >= 0.6 is 11.3 Å². The maximum absolute atomic E-state index is 12.9. The lowest BCUT2D eigenvalue weighted by molar-refractivity contribution is 0.0947. The second-order valence-corrected chi connectivity index (χ2v) is 7.73. The first-order valence-electron chi connectivity index (χ1n) is 8.76. The Hall–Kier alpha value is -3.11. The highest BCUT2D eigenvalue weighted by Gasteiger charge is 2.23. The fraction of sp³-hybridized carbons (Fsp3) is 0.0870. The van der Waals surface area contributed by atoms with Gasteiger partial charge in [0.05, 0.1) is 10.9 Å². The zero-order valence-electron chi connectivity index (χ0n) is 14.8. The molecular formula is C23H19NO2S. The minimum atomic E-state index is -0.452. The highest BCUT2D eigenvalue weighted by Crippen LogP contribution is 2.36. The van der Waals surface area contributed by atoms with Crippen molar-refractivity contribution in [2.45, 2.75) is 13.0 Å². The SMILES string of the molecule is Cc1ccc(C(=O)NC(c2ccccc2)c2c(O)ccc3ccccc23)s1. The lowest BCUT2D eigenvalue weighted by atomic mass is 9.92. The van der Waals surface area contributed by atoms with E-state index < -0.39 is 6.04 Å². The Morgan fingerprint density at radius 1 is 0.926 bits per heavy atom. The summed E-state index contributed by atoms with van der Waals surface area (Å²) in [6.45, 7) is 1.98. The number of phenols is 1. The van der Waals surface area contributed by atoms with Crippen LogP contribution in [0.25, 0.3) is 10.8 Å². The lowest BCUT2D eigenvalue weighted by Crippen LogP contribution is -2.29. The Morgan fingerprint density at radius 3 is 2.41 bits per heavy atom. The molecule has 27 heavy (non-hydrogen) atoms. The van der Waals surface area contributed by atoms with Gasteiger partial charge in [0.2, 0.25) is 0 Å². The molecule has 0 spiro atoms. The Balaban J connectivity index is 1.85. The van der Waals surface area contributed by atoms with Crippen LogP contribution in [0.3, 0.4) is 0 Å². The van der Waals surface area contributed by atoms with Crippen LogP contribution in [0, 0.1) is 6.92 Å². The van der Waals surface area contributed by atoms with E-state index in [9.17, 15) is 9.90 Å². The summed E-state index contributed by atoms with van der Waals surface area (Å²) in [5.41, 5.74) is 1.63. The molecule has 134 valence electrons. The number of nitrogens with one attached hydrogen (secondary N) is 1. The van der Waals surface area contributed by atoms with E-state index in [4.69, 9.17) is 0 Å². The molecule has 0 aliphatic heterocycles. The molecule has 3 nitrogen and oxygen atoms in total. The third-order valence-electron chi connectivity index (χ3n) is 4.61. The van der Waals surface area contributed by atoms with Crippen molar-refractivity contribution in [1.29, 1.82) is 0 Å². The van der Waals surface area contributed by atoms with Crippen molar-refractivity contribution >= 4 is 28.0 Å². The molecule has 1 aromatic heterocycles. The van der Waals surface area contributed by atoms with E-state index in [0.717, 1.165) is 21.2 Å². The van der Waals surface area contributed by atoms with Crippen LogP contribution in [0.1, 0.15) is 31.7 Å². The molecular weight excluding hydrogens is 354 g/mol. The van der Waals surface area contributed by atoms with E-state index >= 15 is 0 Å². The van der Waals surface area contributed by atoms with E-state index in [1.54, 1.807) is 6.07 Å². The zero-order chi connectivity index (χ0) is 18.8. The van der Waals surface area contributed by atoms with E-state index in [-0.39, 0.29) is 11.7 Å². The van der Waals surface area contributed by atoms with Gasteiger partial charge in [-0.1, -0.05) is 60.7 Å². The molecule has 0 fully saturated rings. The fourth-order valence-electron chi connectivity index (χ4n) is 3.31.